The van der Waals surface area contributed by atoms with E-state index in [1.54, 1.807) is 37.4 Å². The van der Waals surface area contributed by atoms with Crippen molar-refractivity contribution in [2.75, 3.05) is 19.0 Å². The number of aromatic nitrogens is 1. The first-order chi connectivity index (χ1) is 13.1. The van der Waals surface area contributed by atoms with Gasteiger partial charge in [-0.15, -0.1) is 6.58 Å². The highest BCUT2D eigenvalue weighted by Crippen LogP contribution is 2.29. The Morgan fingerprint density at radius 2 is 2.07 bits per heavy atom. The van der Waals surface area contributed by atoms with Crippen molar-refractivity contribution in [3.63, 3.8) is 0 Å². The summed E-state index contributed by atoms with van der Waals surface area (Å²) in [6.45, 7) is 3.73. The normalized spacial score (nSPS) is 10.4. The van der Waals surface area contributed by atoms with Crippen LogP contribution in [0.3, 0.4) is 0 Å². The number of amides is 1. The summed E-state index contributed by atoms with van der Waals surface area (Å²) in [7, 11) is 1.59. The van der Waals surface area contributed by atoms with Gasteiger partial charge in [0.05, 0.1) is 35.5 Å². The molecule has 0 radical (unpaired) electrons. The number of nitrogens with zero attached hydrogens (tertiary/aromatic N) is 1. The molecule has 1 aromatic heterocycles. The van der Waals surface area contributed by atoms with E-state index >= 15 is 0 Å². The number of benzene rings is 2. The average molecular weight is 384 g/mol. The first kappa shape index (κ1) is 18.7. The molecule has 0 atom stereocenters. The largest absolute Gasteiger partial charge is 0.497 e. The molecule has 2 N–H and O–H groups in total. The zero-order chi connectivity index (χ0) is 19.2. The fourth-order valence-electron chi connectivity index (χ4n) is 2.45. The Balaban J connectivity index is 2.05. The highest BCUT2D eigenvalue weighted by Gasteiger charge is 2.16. The predicted octanol–water partition coefficient (Wildman–Crippen LogP) is 4.49. The number of rotatable bonds is 7. The molecule has 0 fully saturated rings. The minimum Gasteiger partial charge on any atom is -0.497 e. The van der Waals surface area contributed by atoms with Gasteiger partial charge >= 0.3 is 0 Å². The summed E-state index contributed by atoms with van der Waals surface area (Å²) < 4.78 is 5.25. The molecule has 2 aromatic carbocycles. The summed E-state index contributed by atoms with van der Waals surface area (Å²) >= 11 is 6.23. The quantitative estimate of drug-likeness (QED) is 0.357. The van der Waals surface area contributed by atoms with Crippen LogP contribution in [0.5, 0.6) is 5.75 Å². The van der Waals surface area contributed by atoms with Gasteiger partial charge in [-0.25, -0.2) is 10.5 Å². The van der Waals surface area contributed by atoms with Crippen molar-refractivity contribution >= 4 is 39.9 Å². The molecule has 3 aromatic rings. The molecule has 0 saturated heterocycles. The monoisotopic (exact) mass is 383 g/mol. The van der Waals surface area contributed by atoms with E-state index in [-0.39, 0.29) is 6.61 Å². The fourth-order valence-corrected chi connectivity index (χ4v) is 2.64. The van der Waals surface area contributed by atoms with E-state index in [1.165, 1.54) is 6.08 Å². The van der Waals surface area contributed by atoms with Crippen LogP contribution in [0.15, 0.2) is 61.2 Å². The minimum atomic E-state index is -0.434. The SMILES string of the molecule is C=CCONC(=O)c1cc2ccc(OC)cc2nc1Nc1ccccc1Cl. The number of hydrogen-bond acceptors (Lipinski definition) is 5. The molecule has 7 heteroatoms. The molecule has 6 nitrogen and oxygen atoms in total. The summed E-state index contributed by atoms with van der Waals surface area (Å²) in [5.41, 5.74) is 4.00. The van der Waals surface area contributed by atoms with Gasteiger partial charge in [0.1, 0.15) is 11.6 Å². The summed E-state index contributed by atoms with van der Waals surface area (Å²) in [6.07, 6.45) is 1.54. The first-order valence-electron chi connectivity index (χ1n) is 8.15. The molecule has 0 aliphatic rings. The van der Waals surface area contributed by atoms with Crippen LogP contribution in [0.2, 0.25) is 5.02 Å². The second-order valence-corrected chi connectivity index (χ2v) is 5.99. The average Bonchev–Trinajstić information content (AvgIpc) is 2.68. The van der Waals surface area contributed by atoms with Crippen LogP contribution in [0.25, 0.3) is 10.9 Å². The third kappa shape index (κ3) is 4.36. The summed E-state index contributed by atoms with van der Waals surface area (Å²) in [4.78, 5) is 22.2. The molecular weight excluding hydrogens is 366 g/mol. The number of halogens is 1. The van der Waals surface area contributed by atoms with E-state index in [1.807, 2.05) is 18.2 Å². The lowest BCUT2D eigenvalue weighted by atomic mass is 10.1. The van der Waals surface area contributed by atoms with Crippen molar-refractivity contribution in [1.82, 2.24) is 10.5 Å². The van der Waals surface area contributed by atoms with Gasteiger partial charge in [0, 0.05) is 11.5 Å². The number of anilines is 2. The second-order valence-electron chi connectivity index (χ2n) is 5.58. The molecule has 0 bridgehead atoms. The molecule has 0 saturated carbocycles. The van der Waals surface area contributed by atoms with Gasteiger partial charge in [0.15, 0.2) is 0 Å². The maximum Gasteiger partial charge on any atom is 0.278 e. The number of carbonyl (C=O) groups is 1. The van der Waals surface area contributed by atoms with E-state index in [2.05, 4.69) is 22.4 Å². The van der Waals surface area contributed by atoms with E-state index in [0.717, 1.165) is 5.39 Å². The van der Waals surface area contributed by atoms with Gasteiger partial charge in [-0.2, -0.15) is 0 Å². The number of methoxy groups -OCH3 is 1. The maximum atomic E-state index is 12.6. The zero-order valence-electron chi connectivity index (χ0n) is 14.7. The van der Waals surface area contributed by atoms with Crippen molar-refractivity contribution in [3.8, 4) is 5.75 Å². The Hall–Kier alpha value is -3.09. The van der Waals surface area contributed by atoms with E-state index < -0.39 is 5.91 Å². The van der Waals surface area contributed by atoms with Gasteiger partial charge in [-0.1, -0.05) is 29.8 Å². The van der Waals surface area contributed by atoms with E-state index in [4.69, 9.17) is 21.2 Å². The van der Waals surface area contributed by atoms with Gasteiger partial charge < -0.3 is 10.1 Å². The Bertz CT molecular complexity index is 991. The van der Waals surface area contributed by atoms with Crippen LogP contribution in [0.4, 0.5) is 11.5 Å². The minimum absolute atomic E-state index is 0.192. The Kier molecular flexibility index (Phi) is 5.90. The third-order valence-corrected chi connectivity index (χ3v) is 4.09. The highest BCUT2D eigenvalue weighted by atomic mass is 35.5. The van der Waals surface area contributed by atoms with Gasteiger partial charge in [0.2, 0.25) is 0 Å². The van der Waals surface area contributed by atoms with Crippen molar-refractivity contribution in [1.29, 1.82) is 0 Å². The van der Waals surface area contributed by atoms with E-state index in [9.17, 15) is 4.79 Å². The molecular formula is C20H18ClN3O3. The van der Waals surface area contributed by atoms with Crippen molar-refractivity contribution < 1.29 is 14.4 Å². The molecule has 1 heterocycles. The van der Waals surface area contributed by atoms with Crippen LogP contribution in [0.1, 0.15) is 10.4 Å². The van der Waals surface area contributed by atoms with Crippen molar-refractivity contribution in [2.45, 2.75) is 0 Å². The van der Waals surface area contributed by atoms with Crippen LogP contribution in [-0.2, 0) is 4.84 Å². The lowest BCUT2D eigenvalue weighted by Gasteiger charge is -2.14. The standard InChI is InChI=1S/C20H18ClN3O3/c1-3-10-27-24-20(25)15-11-13-8-9-14(26-2)12-18(13)23-19(15)22-17-7-5-4-6-16(17)21/h3-9,11-12H,1,10H2,2H3,(H,22,23)(H,24,25). The highest BCUT2D eigenvalue weighted by molar-refractivity contribution is 6.33. The Morgan fingerprint density at radius 1 is 1.26 bits per heavy atom. The molecule has 0 unspecified atom stereocenters. The van der Waals surface area contributed by atoms with Crippen molar-refractivity contribution in [3.05, 3.63) is 71.8 Å². The van der Waals surface area contributed by atoms with Crippen LogP contribution in [0, 0.1) is 0 Å². The summed E-state index contributed by atoms with van der Waals surface area (Å²) in [5.74, 6) is 0.588. The van der Waals surface area contributed by atoms with Gasteiger partial charge in [-0.05, 0) is 30.3 Å². The number of fused-ring (bicyclic) bond motifs is 1. The fraction of sp³-hybridized carbons (Fsp3) is 0.100. The number of pyridine rings is 1. The predicted molar refractivity (Wildman–Crippen MR) is 107 cm³/mol. The van der Waals surface area contributed by atoms with Crippen molar-refractivity contribution in [2.24, 2.45) is 0 Å². The topological polar surface area (TPSA) is 72.5 Å². The van der Waals surface area contributed by atoms with Crippen LogP contribution < -0.4 is 15.5 Å². The smallest absolute Gasteiger partial charge is 0.278 e. The number of carbonyl (C=O) groups excluding carboxylic acids is 1. The molecule has 0 spiro atoms. The number of ether oxygens (including phenoxy) is 1. The molecule has 3 rings (SSSR count). The van der Waals surface area contributed by atoms with Crippen LogP contribution in [-0.4, -0.2) is 24.6 Å². The van der Waals surface area contributed by atoms with Gasteiger partial charge in [0.25, 0.3) is 5.91 Å². The molecule has 1 amide bonds. The maximum absolute atomic E-state index is 12.6. The Labute approximate surface area is 161 Å². The molecule has 138 valence electrons. The lowest BCUT2D eigenvalue weighted by Crippen LogP contribution is -2.25. The van der Waals surface area contributed by atoms with Crippen LogP contribution >= 0.6 is 11.6 Å². The second kappa shape index (κ2) is 8.53. The Morgan fingerprint density at radius 3 is 2.81 bits per heavy atom. The molecule has 0 aliphatic heterocycles. The summed E-state index contributed by atoms with van der Waals surface area (Å²) in [5, 5.41) is 4.42. The first-order valence-corrected chi connectivity index (χ1v) is 8.53. The lowest BCUT2D eigenvalue weighted by molar-refractivity contribution is 0.0422. The zero-order valence-corrected chi connectivity index (χ0v) is 15.4. The summed E-state index contributed by atoms with van der Waals surface area (Å²) in [6, 6.07) is 14.4. The van der Waals surface area contributed by atoms with Gasteiger partial charge in [-0.3, -0.25) is 9.63 Å². The number of hydroxylamine groups is 1. The number of hydrogen-bond donors (Lipinski definition) is 2. The number of para-hydroxylation sites is 1. The third-order valence-electron chi connectivity index (χ3n) is 3.76. The molecule has 0 aliphatic carbocycles. The molecule has 27 heavy (non-hydrogen) atoms. The van der Waals surface area contributed by atoms with E-state index in [0.29, 0.717) is 33.4 Å². The number of nitrogens with one attached hydrogen (secondary N) is 2.